The summed E-state index contributed by atoms with van der Waals surface area (Å²) in [6.07, 6.45) is 5.17. The van der Waals surface area contributed by atoms with Gasteiger partial charge in [-0.05, 0) is 50.6 Å². The van der Waals surface area contributed by atoms with E-state index in [4.69, 9.17) is 9.51 Å². The maximum atomic E-state index is 13.5. The average Bonchev–Trinajstić information content (AvgIpc) is 3.42. The highest BCUT2D eigenvalue weighted by molar-refractivity contribution is 6.06. The summed E-state index contributed by atoms with van der Waals surface area (Å²) in [7, 11) is 1.97. The van der Waals surface area contributed by atoms with Gasteiger partial charge in [0.1, 0.15) is 0 Å². The van der Waals surface area contributed by atoms with Crippen LogP contribution in [0.15, 0.2) is 10.6 Å². The Labute approximate surface area is 172 Å². The van der Waals surface area contributed by atoms with Gasteiger partial charge >= 0.3 is 0 Å². The number of piperidine rings is 1. The van der Waals surface area contributed by atoms with Crippen LogP contribution in [0.1, 0.15) is 74.1 Å². The van der Waals surface area contributed by atoms with Gasteiger partial charge in [-0.25, -0.2) is 4.98 Å². The molecule has 6 nitrogen and oxygen atoms in total. The van der Waals surface area contributed by atoms with Gasteiger partial charge in [0.05, 0.1) is 16.6 Å². The van der Waals surface area contributed by atoms with Crippen molar-refractivity contribution in [3.8, 4) is 0 Å². The van der Waals surface area contributed by atoms with Gasteiger partial charge in [-0.15, -0.1) is 12.4 Å². The zero-order valence-corrected chi connectivity index (χ0v) is 18.1. The maximum Gasteiger partial charge on any atom is 0.259 e. The lowest BCUT2D eigenvalue weighted by Gasteiger charge is -2.32. The summed E-state index contributed by atoms with van der Waals surface area (Å²) in [5, 5.41) is 8.43. The number of amides is 1. The van der Waals surface area contributed by atoms with Crippen LogP contribution in [0.2, 0.25) is 0 Å². The predicted molar refractivity (Wildman–Crippen MR) is 112 cm³/mol. The van der Waals surface area contributed by atoms with E-state index in [9.17, 15) is 4.79 Å². The van der Waals surface area contributed by atoms with E-state index in [2.05, 4.69) is 31.2 Å². The summed E-state index contributed by atoms with van der Waals surface area (Å²) >= 11 is 0. The van der Waals surface area contributed by atoms with Gasteiger partial charge in [0.15, 0.2) is 0 Å². The summed E-state index contributed by atoms with van der Waals surface area (Å²) in [5.41, 5.74) is 3.12. The van der Waals surface area contributed by atoms with E-state index < -0.39 is 0 Å². The second-order valence-electron chi connectivity index (χ2n) is 9.29. The van der Waals surface area contributed by atoms with Gasteiger partial charge in [-0.3, -0.25) is 4.79 Å². The van der Waals surface area contributed by atoms with E-state index in [1.165, 1.54) is 0 Å². The number of likely N-dealkylation sites (tertiary alicyclic amines) is 1. The molecular formula is C21H31ClN4O2. The molecule has 0 spiro atoms. The fourth-order valence-corrected chi connectivity index (χ4v) is 3.98. The van der Waals surface area contributed by atoms with Crippen LogP contribution in [-0.2, 0) is 6.42 Å². The Morgan fingerprint density at radius 3 is 2.71 bits per heavy atom. The van der Waals surface area contributed by atoms with Crippen molar-refractivity contribution in [1.82, 2.24) is 20.4 Å². The molecule has 2 aliphatic rings. The second-order valence-corrected chi connectivity index (χ2v) is 9.29. The third kappa shape index (κ3) is 4.33. The van der Waals surface area contributed by atoms with Crippen molar-refractivity contribution < 1.29 is 9.32 Å². The van der Waals surface area contributed by atoms with Crippen LogP contribution in [0.3, 0.4) is 0 Å². The zero-order chi connectivity index (χ0) is 19.2. The number of rotatable bonds is 4. The van der Waals surface area contributed by atoms with Gasteiger partial charge in [-0.2, -0.15) is 0 Å². The third-order valence-electron chi connectivity index (χ3n) is 5.58. The number of hydrogen-bond acceptors (Lipinski definition) is 5. The molecule has 3 heterocycles. The molecule has 0 radical (unpaired) electrons. The third-order valence-corrected chi connectivity index (χ3v) is 5.58. The summed E-state index contributed by atoms with van der Waals surface area (Å²) in [5.74, 6) is 0.547. The van der Waals surface area contributed by atoms with Crippen molar-refractivity contribution >= 4 is 29.4 Å². The molecule has 4 rings (SSSR count). The smallest absolute Gasteiger partial charge is 0.259 e. The molecule has 1 N–H and O–H groups in total. The molecule has 1 amide bonds. The van der Waals surface area contributed by atoms with Crippen molar-refractivity contribution in [3.05, 3.63) is 23.0 Å². The molecule has 2 aromatic rings. The van der Waals surface area contributed by atoms with Crippen molar-refractivity contribution in [2.24, 2.45) is 5.41 Å². The molecule has 154 valence electrons. The Kier molecular flexibility index (Phi) is 6.01. The highest BCUT2D eigenvalue weighted by Gasteiger charge is 2.32. The molecule has 28 heavy (non-hydrogen) atoms. The minimum atomic E-state index is 0. The number of likely N-dealkylation sites (N-methyl/N-ethyl adjacent to an activating group) is 1. The number of carbonyl (C=O) groups is 1. The Hall–Kier alpha value is -1.66. The van der Waals surface area contributed by atoms with Crippen molar-refractivity contribution in [1.29, 1.82) is 0 Å². The SMILES string of the molecule is CNC1CCCN(C(=O)c2cc(C3CC3)nc3onc(CC(C)(C)C)c23)C1.Cl. The number of hydrogen-bond donors (Lipinski definition) is 1. The zero-order valence-electron chi connectivity index (χ0n) is 17.2. The predicted octanol–water partition coefficient (Wildman–Crippen LogP) is 3.93. The van der Waals surface area contributed by atoms with Gasteiger partial charge < -0.3 is 14.7 Å². The first-order chi connectivity index (χ1) is 12.9. The number of aromatic nitrogens is 2. The van der Waals surface area contributed by atoms with E-state index >= 15 is 0 Å². The topological polar surface area (TPSA) is 71.3 Å². The van der Waals surface area contributed by atoms with Gasteiger partial charge in [0, 0.05) is 30.7 Å². The Bertz CT molecular complexity index is 854. The minimum Gasteiger partial charge on any atom is -0.337 e. The van der Waals surface area contributed by atoms with Gasteiger partial charge in [-0.1, -0.05) is 25.9 Å². The van der Waals surface area contributed by atoms with Crippen molar-refractivity contribution in [2.45, 2.75) is 64.8 Å². The molecule has 2 aromatic heterocycles. The number of pyridine rings is 1. The van der Waals surface area contributed by atoms with E-state index in [1.807, 2.05) is 18.0 Å². The lowest BCUT2D eigenvalue weighted by Crippen LogP contribution is -2.47. The summed E-state index contributed by atoms with van der Waals surface area (Å²) in [6, 6.07) is 2.37. The Balaban J connectivity index is 0.00000225. The van der Waals surface area contributed by atoms with Crippen LogP contribution < -0.4 is 5.32 Å². The normalized spacial score (nSPS) is 20.3. The van der Waals surface area contributed by atoms with Gasteiger partial charge in [0.2, 0.25) is 0 Å². The summed E-state index contributed by atoms with van der Waals surface area (Å²) < 4.78 is 5.59. The first-order valence-corrected chi connectivity index (χ1v) is 10.1. The minimum absolute atomic E-state index is 0. The first kappa shape index (κ1) is 21.1. The highest BCUT2D eigenvalue weighted by atomic mass is 35.5. The van der Waals surface area contributed by atoms with Crippen molar-refractivity contribution in [2.75, 3.05) is 20.1 Å². The quantitative estimate of drug-likeness (QED) is 0.832. The molecule has 1 atom stereocenters. The number of nitrogens with one attached hydrogen (secondary N) is 1. The Morgan fingerprint density at radius 2 is 2.07 bits per heavy atom. The lowest BCUT2D eigenvalue weighted by atomic mass is 9.89. The number of nitrogens with zero attached hydrogens (tertiary/aromatic N) is 3. The maximum absolute atomic E-state index is 13.5. The fraction of sp³-hybridized carbons (Fsp3) is 0.667. The van der Waals surface area contributed by atoms with Crippen molar-refractivity contribution in [3.63, 3.8) is 0 Å². The molecule has 1 saturated heterocycles. The van der Waals surface area contributed by atoms with Crippen LogP contribution in [0.4, 0.5) is 0 Å². The number of carbonyl (C=O) groups excluding carboxylic acids is 1. The van der Waals surface area contributed by atoms with Crippen LogP contribution in [0, 0.1) is 5.41 Å². The van der Waals surface area contributed by atoms with Crippen LogP contribution in [0.5, 0.6) is 0 Å². The van der Waals surface area contributed by atoms with Crippen LogP contribution >= 0.6 is 12.4 Å². The molecule has 1 aliphatic heterocycles. The van der Waals surface area contributed by atoms with E-state index in [-0.39, 0.29) is 23.7 Å². The molecule has 0 bridgehead atoms. The van der Waals surface area contributed by atoms with Crippen LogP contribution in [0.25, 0.3) is 11.1 Å². The molecule has 2 fully saturated rings. The molecule has 7 heteroatoms. The monoisotopic (exact) mass is 406 g/mol. The first-order valence-electron chi connectivity index (χ1n) is 10.1. The number of fused-ring (bicyclic) bond motifs is 1. The molecule has 1 aliphatic carbocycles. The summed E-state index contributed by atoms with van der Waals surface area (Å²) in [6.45, 7) is 8.06. The average molecular weight is 407 g/mol. The standard InChI is InChI=1S/C21H30N4O2.ClH/c1-21(2,3)11-17-18-15(20(26)25-9-5-6-14(12-25)22-4)10-16(13-7-8-13)23-19(18)27-24-17;/h10,13-14,22H,5-9,11-12H2,1-4H3;1H. The summed E-state index contributed by atoms with van der Waals surface area (Å²) in [4.78, 5) is 20.2. The molecule has 0 aromatic carbocycles. The van der Waals surface area contributed by atoms with Gasteiger partial charge in [0.25, 0.3) is 11.6 Å². The van der Waals surface area contributed by atoms with Crippen LogP contribution in [-0.4, -0.2) is 47.1 Å². The van der Waals surface area contributed by atoms with E-state index in [1.54, 1.807) is 0 Å². The molecular weight excluding hydrogens is 376 g/mol. The number of halogens is 1. The molecule has 1 saturated carbocycles. The van der Waals surface area contributed by atoms with E-state index in [0.29, 0.717) is 17.7 Å². The fourth-order valence-electron chi connectivity index (χ4n) is 3.98. The lowest BCUT2D eigenvalue weighted by molar-refractivity contribution is 0.0700. The largest absolute Gasteiger partial charge is 0.337 e. The second kappa shape index (κ2) is 7.99. The highest BCUT2D eigenvalue weighted by Crippen LogP contribution is 2.41. The molecule has 1 unspecified atom stereocenters. The Morgan fingerprint density at radius 1 is 1.32 bits per heavy atom. The van der Waals surface area contributed by atoms with E-state index in [0.717, 1.165) is 67.5 Å².